The predicted molar refractivity (Wildman–Crippen MR) is 179 cm³/mol. The van der Waals surface area contributed by atoms with Crippen molar-refractivity contribution in [3.8, 4) is 11.1 Å². The number of carbonyl (C=O) groups excluding carboxylic acids is 2. The fourth-order valence-corrected chi connectivity index (χ4v) is 5.65. The molecule has 1 amide bonds. The van der Waals surface area contributed by atoms with Crippen LogP contribution in [0.5, 0.6) is 0 Å². The van der Waals surface area contributed by atoms with Crippen LogP contribution in [0.4, 0.5) is 0 Å². The molecule has 0 saturated carbocycles. The van der Waals surface area contributed by atoms with Crippen LogP contribution >= 0.6 is 0 Å². The zero-order chi connectivity index (χ0) is 33.2. The van der Waals surface area contributed by atoms with E-state index in [0.717, 1.165) is 58.6 Å². The molecule has 47 heavy (non-hydrogen) atoms. The van der Waals surface area contributed by atoms with Crippen molar-refractivity contribution < 1.29 is 28.9 Å². The van der Waals surface area contributed by atoms with E-state index >= 15 is 0 Å². The molecule has 0 bridgehead atoms. The Hall–Kier alpha value is -4.41. The van der Waals surface area contributed by atoms with Gasteiger partial charge in [-0.15, -0.1) is 0 Å². The lowest BCUT2D eigenvalue weighted by molar-refractivity contribution is -0.252. The molecule has 0 radical (unpaired) electrons. The van der Waals surface area contributed by atoms with Crippen molar-refractivity contribution in [2.75, 3.05) is 20.1 Å². The van der Waals surface area contributed by atoms with Gasteiger partial charge in [-0.05, 0) is 60.0 Å². The Morgan fingerprint density at radius 3 is 2.43 bits per heavy atom. The highest BCUT2D eigenvalue weighted by molar-refractivity contribution is 5.82. The number of hydrogen-bond acceptors (Lipinski definition) is 8. The summed E-state index contributed by atoms with van der Waals surface area (Å²) in [6.45, 7) is 4.76. The summed E-state index contributed by atoms with van der Waals surface area (Å²) in [5.74, 6) is -0.836. The summed E-state index contributed by atoms with van der Waals surface area (Å²) >= 11 is 0. The number of rotatable bonds is 13. The van der Waals surface area contributed by atoms with E-state index < -0.39 is 18.4 Å². The number of aliphatic hydroxyl groups is 1. The normalized spacial score (nSPS) is 18.4. The first-order chi connectivity index (χ1) is 22.8. The number of pyridine rings is 1. The van der Waals surface area contributed by atoms with Gasteiger partial charge in [0.25, 0.3) is 5.91 Å². The molecule has 1 aromatic heterocycles. The van der Waals surface area contributed by atoms with Gasteiger partial charge in [0.1, 0.15) is 0 Å². The van der Waals surface area contributed by atoms with Crippen LogP contribution in [0.15, 0.2) is 97.2 Å². The van der Waals surface area contributed by atoms with Gasteiger partial charge in [-0.2, -0.15) is 0 Å². The third kappa shape index (κ3) is 9.79. The molecule has 1 fully saturated rings. The highest BCUT2D eigenvalue weighted by Crippen LogP contribution is 2.38. The number of esters is 1. The lowest BCUT2D eigenvalue weighted by Crippen LogP contribution is -2.38. The highest BCUT2D eigenvalue weighted by Gasteiger charge is 2.32. The number of ether oxygens (including phenoxy) is 3. The lowest BCUT2D eigenvalue weighted by atomic mass is 9.99. The molecule has 0 aliphatic carbocycles. The van der Waals surface area contributed by atoms with Crippen molar-refractivity contribution in [3.05, 3.63) is 125 Å². The van der Waals surface area contributed by atoms with Gasteiger partial charge in [0.2, 0.25) is 0 Å². The van der Waals surface area contributed by atoms with Gasteiger partial charge in [0.15, 0.2) is 12.4 Å². The molecule has 0 spiro atoms. The molecule has 4 aromatic rings. The number of likely N-dealkylation sites (N-methyl/N-ethyl adjacent to an activating group) is 1. The molecule has 4 atom stereocenters. The van der Waals surface area contributed by atoms with Crippen molar-refractivity contribution in [1.82, 2.24) is 15.2 Å². The molecule has 0 unspecified atom stereocenters. The molecule has 1 saturated heterocycles. The van der Waals surface area contributed by atoms with Gasteiger partial charge in [0.05, 0.1) is 18.8 Å². The summed E-state index contributed by atoms with van der Waals surface area (Å²) in [6, 6.07) is 30.0. The van der Waals surface area contributed by atoms with Gasteiger partial charge in [-0.3, -0.25) is 14.6 Å². The zero-order valence-corrected chi connectivity index (χ0v) is 27.2. The first kappa shape index (κ1) is 33.9. The minimum atomic E-state index is -0.849. The molecular formula is C38H43N3O6. The van der Waals surface area contributed by atoms with Gasteiger partial charge >= 0.3 is 5.97 Å². The molecule has 5 rings (SSSR count). The van der Waals surface area contributed by atoms with E-state index in [0.29, 0.717) is 13.0 Å². The van der Waals surface area contributed by atoms with Crippen molar-refractivity contribution in [2.45, 2.75) is 64.4 Å². The maximum Gasteiger partial charge on any atom is 0.303 e. The quantitative estimate of drug-likeness (QED) is 0.184. The van der Waals surface area contributed by atoms with E-state index in [1.807, 2.05) is 85.1 Å². The van der Waals surface area contributed by atoms with Crippen LogP contribution in [0, 0.1) is 0 Å². The van der Waals surface area contributed by atoms with Crippen LogP contribution < -0.4 is 5.32 Å². The minimum Gasteiger partial charge on any atom is -0.453 e. The molecule has 246 valence electrons. The second-order valence-corrected chi connectivity index (χ2v) is 12.0. The zero-order valence-electron chi connectivity index (χ0n) is 27.2. The fourth-order valence-electron chi connectivity index (χ4n) is 5.65. The van der Waals surface area contributed by atoms with E-state index in [4.69, 9.17) is 14.2 Å². The number of aliphatic hydroxyl groups excluding tert-OH is 1. The Balaban J connectivity index is 1.27. The number of benzene rings is 3. The maximum absolute atomic E-state index is 12.3. The van der Waals surface area contributed by atoms with Crippen LogP contribution in [0.3, 0.4) is 0 Å². The fraction of sp³-hybridized carbons (Fsp3) is 0.342. The Labute approximate surface area is 276 Å². The van der Waals surface area contributed by atoms with Crippen molar-refractivity contribution in [3.63, 3.8) is 0 Å². The number of amides is 1. The van der Waals surface area contributed by atoms with Gasteiger partial charge < -0.3 is 29.5 Å². The summed E-state index contributed by atoms with van der Waals surface area (Å²) in [7, 11) is 2.11. The summed E-state index contributed by atoms with van der Waals surface area (Å²) < 4.78 is 18.1. The number of carbonyl (C=O) groups is 2. The number of nitrogens with zero attached hydrogens (tertiary/aromatic N) is 2. The second kappa shape index (κ2) is 16.4. The van der Waals surface area contributed by atoms with Crippen LogP contribution in [0.25, 0.3) is 11.1 Å². The molecule has 2 N–H and O–H groups in total. The van der Waals surface area contributed by atoms with Crippen molar-refractivity contribution in [2.24, 2.45) is 0 Å². The average molecular weight is 638 g/mol. The van der Waals surface area contributed by atoms with Crippen LogP contribution in [0.1, 0.15) is 60.6 Å². The molecule has 9 heteroatoms. The van der Waals surface area contributed by atoms with E-state index in [-0.39, 0.29) is 24.7 Å². The Kier molecular flexibility index (Phi) is 11.9. The van der Waals surface area contributed by atoms with E-state index in [2.05, 4.69) is 34.4 Å². The van der Waals surface area contributed by atoms with Crippen LogP contribution in [-0.2, 0) is 43.4 Å². The first-order valence-corrected chi connectivity index (χ1v) is 16.0. The molecule has 1 aliphatic heterocycles. The first-order valence-electron chi connectivity index (χ1n) is 16.0. The Morgan fingerprint density at radius 2 is 1.72 bits per heavy atom. The summed E-state index contributed by atoms with van der Waals surface area (Å²) in [6.07, 6.45) is 1.79. The number of nitrogens with one attached hydrogen (secondary N) is 1. The van der Waals surface area contributed by atoms with Crippen LogP contribution in [-0.4, -0.2) is 59.2 Å². The van der Waals surface area contributed by atoms with Crippen LogP contribution in [0.2, 0.25) is 0 Å². The summed E-state index contributed by atoms with van der Waals surface area (Å²) in [5, 5.41) is 12.3. The largest absolute Gasteiger partial charge is 0.453 e. The van der Waals surface area contributed by atoms with Crippen molar-refractivity contribution in [1.29, 1.82) is 0 Å². The lowest BCUT2D eigenvalue weighted by Gasteiger charge is -2.38. The van der Waals surface area contributed by atoms with E-state index in [1.165, 1.54) is 6.92 Å². The third-order valence-corrected chi connectivity index (χ3v) is 8.23. The molecule has 1 aliphatic rings. The monoisotopic (exact) mass is 637 g/mol. The molecular weight excluding hydrogens is 594 g/mol. The van der Waals surface area contributed by atoms with Gasteiger partial charge in [-0.25, -0.2) is 0 Å². The summed E-state index contributed by atoms with van der Waals surface area (Å²) in [4.78, 5) is 30.2. The smallest absolute Gasteiger partial charge is 0.303 e. The van der Waals surface area contributed by atoms with Gasteiger partial charge in [0, 0.05) is 56.9 Å². The predicted octanol–water partition coefficient (Wildman–Crippen LogP) is 5.53. The van der Waals surface area contributed by atoms with Crippen molar-refractivity contribution >= 4 is 11.9 Å². The molecule has 9 nitrogen and oxygen atoms in total. The molecule has 3 aromatic carbocycles. The second-order valence-electron chi connectivity index (χ2n) is 12.0. The topological polar surface area (TPSA) is 110 Å². The van der Waals surface area contributed by atoms with E-state index in [9.17, 15) is 14.7 Å². The number of hydrogen-bond donors (Lipinski definition) is 2. The third-order valence-electron chi connectivity index (χ3n) is 8.23. The summed E-state index contributed by atoms with van der Waals surface area (Å²) in [5.41, 5.74) is 6.87. The van der Waals surface area contributed by atoms with E-state index in [1.54, 1.807) is 6.92 Å². The standard InChI is InChI=1S/C38H43N3O6/c1-26(45-27(2)43)37(44)40-23-29-7-6-8-33(21-29)30-14-16-32(17-15-30)38-46-35(24-41(3)20-18-34-9-4-5-19-39-34)22-36(47-38)31-12-10-28(25-42)11-13-31/h4-17,19,21,26,35-36,38,42H,18,20,22-25H2,1-3H3,(H,40,44)/t26-,35+,36-,38-/m0/s1. The minimum absolute atomic E-state index is 0.000409. The van der Waals surface area contributed by atoms with Gasteiger partial charge in [-0.1, -0.05) is 72.8 Å². The average Bonchev–Trinajstić information content (AvgIpc) is 3.10. The highest BCUT2D eigenvalue weighted by atomic mass is 16.7. The Bertz CT molecular complexity index is 1600. The molecule has 2 heterocycles. The number of aromatic nitrogens is 1. The SMILES string of the molecule is CC(=O)O[C@@H](C)C(=O)NCc1cccc(-c2ccc([C@H]3O[C@@H](CN(C)CCc4ccccn4)C[C@@H](c4ccc(CO)cc4)O3)cc2)c1. The Morgan fingerprint density at radius 1 is 0.957 bits per heavy atom. The maximum atomic E-state index is 12.3.